The molecule has 8 heteroatoms. The monoisotopic (exact) mass is 471 g/mol. The number of aromatic nitrogens is 3. The second-order valence-corrected chi connectivity index (χ2v) is 9.69. The Morgan fingerprint density at radius 3 is 2.34 bits per heavy atom. The molecular formula is C27H33N7O. The first kappa shape index (κ1) is 23.3. The molecule has 2 aromatic heterocycles. The van der Waals surface area contributed by atoms with E-state index in [0.29, 0.717) is 12.4 Å². The van der Waals surface area contributed by atoms with Gasteiger partial charge in [0.1, 0.15) is 17.7 Å². The van der Waals surface area contributed by atoms with Crippen LogP contribution < -0.4 is 11.1 Å². The van der Waals surface area contributed by atoms with Gasteiger partial charge in [-0.15, -0.1) is 0 Å². The zero-order valence-electron chi connectivity index (χ0n) is 20.4. The summed E-state index contributed by atoms with van der Waals surface area (Å²) in [6.45, 7) is 9.47. The lowest BCUT2D eigenvalue weighted by atomic mass is 10.0. The maximum atomic E-state index is 12.0. The second kappa shape index (κ2) is 10.0. The highest BCUT2D eigenvalue weighted by Crippen LogP contribution is 2.24. The molecule has 8 nitrogen and oxygen atoms in total. The lowest BCUT2D eigenvalue weighted by molar-refractivity contribution is -0.119. The van der Waals surface area contributed by atoms with Gasteiger partial charge in [0.05, 0.1) is 12.1 Å². The Kier molecular flexibility index (Phi) is 6.66. The Morgan fingerprint density at radius 1 is 0.971 bits per heavy atom. The van der Waals surface area contributed by atoms with Crippen LogP contribution >= 0.6 is 0 Å². The normalized spacial score (nSPS) is 16.2. The average Bonchev–Trinajstić information content (AvgIpc) is 3.26. The van der Waals surface area contributed by atoms with E-state index in [1.54, 1.807) is 0 Å². The molecule has 182 valence electrons. The summed E-state index contributed by atoms with van der Waals surface area (Å²) >= 11 is 0. The number of carbonyl (C=O) groups is 1. The molecule has 1 aliphatic rings. The van der Waals surface area contributed by atoms with E-state index in [1.165, 1.54) is 16.5 Å². The zero-order valence-corrected chi connectivity index (χ0v) is 20.4. The summed E-state index contributed by atoms with van der Waals surface area (Å²) in [6, 6.07) is 15.9. The fourth-order valence-corrected chi connectivity index (χ4v) is 4.83. The summed E-state index contributed by atoms with van der Waals surface area (Å²) in [5.41, 5.74) is 9.05. The van der Waals surface area contributed by atoms with Crippen LogP contribution in [0.4, 0.5) is 5.82 Å². The number of anilines is 1. The third-order valence-electron chi connectivity index (χ3n) is 6.81. The van der Waals surface area contributed by atoms with Crippen LogP contribution in [0.2, 0.25) is 0 Å². The summed E-state index contributed by atoms with van der Waals surface area (Å²) in [4.78, 5) is 29.9. The van der Waals surface area contributed by atoms with Crippen molar-refractivity contribution >= 4 is 33.5 Å². The molecule has 0 spiro atoms. The van der Waals surface area contributed by atoms with Crippen LogP contribution in [0, 0.1) is 5.92 Å². The molecule has 2 aromatic carbocycles. The molecule has 5 rings (SSSR count). The van der Waals surface area contributed by atoms with Crippen LogP contribution in [0.25, 0.3) is 21.8 Å². The highest BCUT2D eigenvalue weighted by Gasteiger charge is 2.23. The number of rotatable bonds is 8. The smallest absolute Gasteiger partial charge is 0.240 e. The maximum absolute atomic E-state index is 12.0. The third kappa shape index (κ3) is 5.13. The van der Waals surface area contributed by atoms with E-state index < -0.39 is 6.04 Å². The molecule has 35 heavy (non-hydrogen) atoms. The van der Waals surface area contributed by atoms with E-state index in [4.69, 9.17) is 15.7 Å². The summed E-state index contributed by atoms with van der Waals surface area (Å²) < 4.78 is 0. The van der Waals surface area contributed by atoms with Gasteiger partial charge in [-0.3, -0.25) is 14.6 Å². The number of H-pyrrole nitrogens is 1. The third-order valence-corrected chi connectivity index (χ3v) is 6.81. The second-order valence-electron chi connectivity index (χ2n) is 9.69. The lowest BCUT2D eigenvalue weighted by Crippen LogP contribution is -2.45. The number of hydrogen-bond acceptors (Lipinski definition) is 6. The number of nitrogens with zero attached hydrogens (tertiary/aromatic N) is 4. The number of benzene rings is 2. The van der Waals surface area contributed by atoms with Crippen molar-refractivity contribution in [1.29, 1.82) is 0 Å². The van der Waals surface area contributed by atoms with E-state index in [9.17, 15) is 4.79 Å². The highest BCUT2D eigenvalue weighted by atomic mass is 16.1. The van der Waals surface area contributed by atoms with Gasteiger partial charge < -0.3 is 16.0 Å². The molecule has 0 radical (unpaired) electrons. The molecule has 1 atom stereocenters. The fourth-order valence-electron chi connectivity index (χ4n) is 4.83. The van der Waals surface area contributed by atoms with E-state index in [-0.39, 0.29) is 11.8 Å². The minimum Gasteiger partial charge on any atom is -0.368 e. The summed E-state index contributed by atoms with van der Waals surface area (Å²) in [5, 5.41) is 5.49. The van der Waals surface area contributed by atoms with Crippen LogP contribution in [-0.4, -0.2) is 62.9 Å². The first-order valence-corrected chi connectivity index (χ1v) is 12.3. The van der Waals surface area contributed by atoms with Gasteiger partial charge in [0, 0.05) is 55.2 Å². The summed E-state index contributed by atoms with van der Waals surface area (Å²) in [6.07, 6.45) is 2.13. The highest BCUT2D eigenvalue weighted by molar-refractivity contribution is 5.92. The van der Waals surface area contributed by atoms with Crippen LogP contribution in [0.15, 0.2) is 54.7 Å². The molecule has 4 N–H and O–H groups in total. The Labute approximate surface area is 205 Å². The summed E-state index contributed by atoms with van der Waals surface area (Å²) in [5.74, 6) is 1.09. The van der Waals surface area contributed by atoms with Crippen molar-refractivity contribution in [1.82, 2.24) is 24.8 Å². The number of fused-ring (bicyclic) bond motifs is 2. The number of nitrogens with one attached hydrogen (secondary N) is 2. The molecule has 0 aliphatic carbocycles. The topological polar surface area (TPSA) is 103 Å². The summed E-state index contributed by atoms with van der Waals surface area (Å²) in [7, 11) is 0. The molecular weight excluding hydrogens is 438 g/mol. The number of aromatic amines is 1. The molecule has 1 unspecified atom stereocenters. The van der Waals surface area contributed by atoms with Gasteiger partial charge in [-0.1, -0.05) is 44.2 Å². The van der Waals surface area contributed by atoms with Gasteiger partial charge in [-0.2, -0.15) is 0 Å². The molecule has 0 bridgehead atoms. The zero-order chi connectivity index (χ0) is 24.4. The van der Waals surface area contributed by atoms with Crippen LogP contribution in [0.3, 0.4) is 0 Å². The van der Waals surface area contributed by atoms with Gasteiger partial charge in [0.25, 0.3) is 0 Å². The Bertz CT molecular complexity index is 1320. The van der Waals surface area contributed by atoms with Crippen molar-refractivity contribution in [2.45, 2.75) is 33.0 Å². The lowest BCUT2D eigenvalue weighted by Gasteiger charge is -2.34. The van der Waals surface area contributed by atoms with Gasteiger partial charge >= 0.3 is 0 Å². The first-order valence-electron chi connectivity index (χ1n) is 12.3. The quantitative estimate of drug-likeness (QED) is 0.364. The fraction of sp³-hybridized carbons (Fsp3) is 0.370. The number of carbonyl (C=O) groups excluding carboxylic acids is 1. The Morgan fingerprint density at radius 2 is 1.63 bits per heavy atom. The van der Waals surface area contributed by atoms with Crippen molar-refractivity contribution in [2.75, 3.05) is 31.5 Å². The minimum atomic E-state index is -0.491. The predicted molar refractivity (Wildman–Crippen MR) is 140 cm³/mol. The molecule has 1 saturated heterocycles. The van der Waals surface area contributed by atoms with Crippen LogP contribution in [0.1, 0.15) is 25.2 Å². The van der Waals surface area contributed by atoms with E-state index in [0.717, 1.165) is 49.5 Å². The van der Waals surface area contributed by atoms with Crippen LogP contribution in [-0.2, 0) is 17.9 Å². The predicted octanol–water partition coefficient (Wildman–Crippen LogP) is 3.35. The Hall–Kier alpha value is -3.49. The molecule has 1 amide bonds. The minimum absolute atomic E-state index is 0.0508. The van der Waals surface area contributed by atoms with Gasteiger partial charge in [0.2, 0.25) is 5.91 Å². The Balaban J connectivity index is 1.27. The number of amides is 1. The van der Waals surface area contributed by atoms with Crippen molar-refractivity contribution in [3.63, 3.8) is 0 Å². The van der Waals surface area contributed by atoms with Crippen molar-refractivity contribution in [2.24, 2.45) is 11.7 Å². The number of hydrogen-bond donors (Lipinski definition) is 3. The SMILES string of the molecule is CC(C)C(Nc1nc(CN2CCN(Cc3c[nH]c4ccccc34)CC2)nc2ccccc12)C(N)=O. The molecule has 3 heterocycles. The standard InChI is InChI=1S/C27H33N7O/c1-18(2)25(26(28)35)32-27-21-8-4-6-10-23(21)30-24(31-27)17-34-13-11-33(12-14-34)16-19-15-29-22-9-5-3-7-20(19)22/h3-10,15,18,25,29H,11-14,16-17H2,1-2H3,(H2,28,35)(H,30,31,32). The van der Waals surface area contributed by atoms with Gasteiger partial charge in [-0.25, -0.2) is 9.97 Å². The number of primary amides is 1. The van der Waals surface area contributed by atoms with Crippen molar-refractivity contribution < 1.29 is 4.79 Å². The maximum Gasteiger partial charge on any atom is 0.240 e. The molecule has 0 saturated carbocycles. The van der Waals surface area contributed by atoms with Crippen molar-refractivity contribution in [3.05, 3.63) is 66.1 Å². The van der Waals surface area contributed by atoms with E-state index in [2.05, 4.69) is 50.6 Å². The molecule has 1 fully saturated rings. The largest absolute Gasteiger partial charge is 0.368 e. The number of nitrogens with two attached hydrogens (primary N) is 1. The molecule has 1 aliphatic heterocycles. The number of piperazine rings is 1. The molecule has 4 aromatic rings. The number of para-hydroxylation sites is 2. The average molecular weight is 472 g/mol. The van der Waals surface area contributed by atoms with E-state index >= 15 is 0 Å². The van der Waals surface area contributed by atoms with E-state index in [1.807, 2.05) is 38.1 Å². The van der Waals surface area contributed by atoms with Crippen LogP contribution in [0.5, 0.6) is 0 Å². The van der Waals surface area contributed by atoms with Gasteiger partial charge in [0.15, 0.2) is 0 Å². The first-order chi connectivity index (χ1) is 17.0. The van der Waals surface area contributed by atoms with Crippen molar-refractivity contribution in [3.8, 4) is 0 Å². The van der Waals surface area contributed by atoms with Gasteiger partial charge in [-0.05, 0) is 29.7 Å².